The number of hydrogen-bond donors (Lipinski definition) is 1. The number of alkyl halides is 3. The lowest BCUT2D eigenvalue weighted by Gasteiger charge is -2.27. The normalized spacial score (nSPS) is 15.9. The molecule has 0 fully saturated rings. The van der Waals surface area contributed by atoms with Gasteiger partial charge in [-0.2, -0.15) is 13.2 Å². The van der Waals surface area contributed by atoms with Gasteiger partial charge < -0.3 is 10.6 Å². The number of rotatable bonds is 1. The zero-order chi connectivity index (χ0) is 15.8. The molecule has 1 heterocycles. The number of benzene rings is 1. The topological polar surface area (TPSA) is 46.3 Å². The molecule has 0 unspecified atom stereocenters. The Labute approximate surface area is 119 Å². The van der Waals surface area contributed by atoms with Crippen LogP contribution in [0.3, 0.4) is 0 Å². The molecule has 0 atom stereocenters. The molecule has 0 saturated carbocycles. The predicted octanol–water partition coefficient (Wildman–Crippen LogP) is 3.05. The highest BCUT2D eigenvalue weighted by Gasteiger charge is 2.35. The maximum atomic E-state index is 14.0. The van der Waals surface area contributed by atoms with E-state index in [1.807, 2.05) is 0 Å². The zero-order valence-corrected chi connectivity index (χ0v) is 11.3. The van der Waals surface area contributed by atoms with E-state index in [2.05, 4.69) is 0 Å². The van der Waals surface area contributed by atoms with E-state index >= 15 is 0 Å². The van der Waals surface area contributed by atoms with Crippen molar-refractivity contribution in [3.8, 4) is 0 Å². The second kappa shape index (κ2) is 5.38. The van der Waals surface area contributed by atoms with Crippen LogP contribution in [0.25, 0.3) is 0 Å². The molecule has 21 heavy (non-hydrogen) atoms. The second-order valence-electron chi connectivity index (χ2n) is 4.93. The molecule has 0 radical (unpaired) electrons. The van der Waals surface area contributed by atoms with Crippen molar-refractivity contribution in [3.05, 3.63) is 40.7 Å². The maximum Gasteiger partial charge on any atom is 0.412 e. The van der Waals surface area contributed by atoms with Crippen LogP contribution in [-0.2, 0) is 0 Å². The van der Waals surface area contributed by atoms with Crippen molar-refractivity contribution in [2.24, 2.45) is 0 Å². The quantitative estimate of drug-likeness (QED) is 0.492. The molecule has 0 saturated heterocycles. The molecule has 0 spiro atoms. The van der Waals surface area contributed by atoms with Crippen molar-refractivity contribution >= 4 is 11.6 Å². The first-order valence-corrected chi connectivity index (χ1v) is 6.31. The summed E-state index contributed by atoms with van der Waals surface area (Å²) in [7, 11) is 0. The van der Waals surface area contributed by atoms with Crippen molar-refractivity contribution in [2.75, 3.05) is 18.8 Å². The van der Waals surface area contributed by atoms with Gasteiger partial charge in [0.2, 0.25) is 0 Å². The summed E-state index contributed by atoms with van der Waals surface area (Å²) in [4.78, 5) is 13.4. The maximum absolute atomic E-state index is 14.0. The lowest BCUT2D eigenvalue weighted by molar-refractivity contribution is -0.0957. The Bertz CT molecular complexity index is 608. The SMILES string of the molecule is Cc1cc(N)cc(C(=O)N2CC=C(C(F)(F)F)CC2)c1F. The monoisotopic (exact) mass is 302 g/mol. The van der Waals surface area contributed by atoms with Gasteiger partial charge in [0.25, 0.3) is 5.91 Å². The fourth-order valence-electron chi connectivity index (χ4n) is 2.23. The summed E-state index contributed by atoms with van der Waals surface area (Å²) in [6.07, 6.45) is -3.72. The van der Waals surface area contributed by atoms with Crippen LogP contribution in [0.2, 0.25) is 0 Å². The number of carbonyl (C=O) groups is 1. The molecule has 1 aliphatic heterocycles. The Morgan fingerprint density at radius 1 is 1.33 bits per heavy atom. The molecule has 7 heteroatoms. The second-order valence-corrected chi connectivity index (χ2v) is 4.93. The van der Waals surface area contributed by atoms with Crippen LogP contribution in [0.4, 0.5) is 23.2 Å². The van der Waals surface area contributed by atoms with Crippen LogP contribution in [0.5, 0.6) is 0 Å². The standard InChI is InChI=1S/C14H14F4N2O/c1-8-6-10(19)7-11(12(8)15)13(21)20-4-2-9(3-5-20)14(16,17)18/h2,6-7H,3-5,19H2,1H3. The van der Waals surface area contributed by atoms with Gasteiger partial charge in [-0.15, -0.1) is 0 Å². The van der Waals surface area contributed by atoms with Gasteiger partial charge in [-0.1, -0.05) is 6.08 Å². The Kier molecular flexibility index (Phi) is 3.93. The van der Waals surface area contributed by atoms with E-state index in [0.29, 0.717) is 0 Å². The molecule has 0 aliphatic carbocycles. The number of amides is 1. The molecule has 2 rings (SSSR count). The van der Waals surface area contributed by atoms with Crippen molar-refractivity contribution in [2.45, 2.75) is 19.5 Å². The number of nitrogens with two attached hydrogens (primary N) is 1. The Balaban J connectivity index is 2.22. The third-order valence-corrected chi connectivity index (χ3v) is 3.37. The van der Waals surface area contributed by atoms with Gasteiger partial charge in [-0.05, 0) is 31.0 Å². The number of halogens is 4. The highest BCUT2D eigenvalue weighted by Crippen LogP contribution is 2.30. The van der Waals surface area contributed by atoms with Gasteiger partial charge in [0.1, 0.15) is 5.82 Å². The van der Waals surface area contributed by atoms with Crippen LogP contribution in [-0.4, -0.2) is 30.1 Å². The number of carbonyl (C=O) groups excluding carboxylic acids is 1. The number of anilines is 1. The first kappa shape index (κ1) is 15.3. The fourth-order valence-corrected chi connectivity index (χ4v) is 2.23. The molecular weight excluding hydrogens is 288 g/mol. The molecule has 1 aromatic carbocycles. The largest absolute Gasteiger partial charge is 0.412 e. The van der Waals surface area contributed by atoms with Gasteiger partial charge in [0.15, 0.2) is 0 Å². The highest BCUT2D eigenvalue weighted by atomic mass is 19.4. The van der Waals surface area contributed by atoms with E-state index in [-0.39, 0.29) is 36.3 Å². The summed E-state index contributed by atoms with van der Waals surface area (Å²) in [6.45, 7) is 1.18. The Hall–Kier alpha value is -2.05. The smallest absolute Gasteiger partial charge is 0.399 e. The van der Waals surface area contributed by atoms with E-state index < -0.39 is 23.5 Å². The summed E-state index contributed by atoms with van der Waals surface area (Å²) in [5.74, 6) is -1.35. The minimum absolute atomic E-state index is 0.0997. The van der Waals surface area contributed by atoms with Crippen molar-refractivity contribution in [1.29, 1.82) is 0 Å². The molecule has 2 N–H and O–H groups in total. The molecule has 0 bridgehead atoms. The number of aryl methyl sites for hydroxylation is 1. The average Bonchev–Trinajstić information content (AvgIpc) is 2.41. The molecule has 1 amide bonds. The van der Waals surface area contributed by atoms with E-state index in [9.17, 15) is 22.4 Å². The van der Waals surface area contributed by atoms with Crippen LogP contribution in [0.15, 0.2) is 23.8 Å². The molecule has 1 aliphatic rings. The summed E-state index contributed by atoms with van der Waals surface area (Å²) in [5.41, 5.74) is 5.17. The van der Waals surface area contributed by atoms with Gasteiger partial charge in [-0.25, -0.2) is 4.39 Å². The lowest BCUT2D eigenvalue weighted by atomic mass is 10.0. The summed E-state index contributed by atoms with van der Waals surface area (Å²) >= 11 is 0. The van der Waals surface area contributed by atoms with Crippen LogP contribution in [0, 0.1) is 12.7 Å². The predicted molar refractivity (Wildman–Crippen MR) is 70.2 cm³/mol. The van der Waals surface area contributed by atoms with Crippen LogP contribution >= 0.6 is 0 Å². The van der Waals surface area contributed by atoms with Gasteiger partial charge in [0, 0.05) is 24.4 Å². The van der Waals surface area contributed by atoms with E-state index in [1.165, 1.54) is 24.0 Å². The van der Waals surface area contributed by atoms with Gasteiger partial charge in [0.05, 0.1) is 5.56 Å². The number of hydrogen-bond acceptors (Lipinski definition) is 2. The van der Waals surface area contributed by atoms with E-state index in [4.69, 9.17) is 5.73 Å². The summed E-state index contributed by atoms with van der Waals surface area (Å²) in [5, 5.41) is 0. The first-order valence-electron chi connectivity index (χ1n) is 6.31. The average molecular weight is 302 g/mol. The molecular formula is C14H14F4N2O. The lowest BCUT2D eigenvalue weighted by Crippen LogP contribution is -2.37. The van der Waals surface area contributed by atoms with Crippen LogP contribution in [0.1, 0.15) is 22.3 Å². The minimum Gasteiger partial charge on any atom is -0.399 e. The van der Waals surface area contributed by atoms with Crippen molar-refractivity contribution < 1.29 is 22.4 Å². The van der Waals surface area contributed by atoms with Crippen molar-refractivity contribution in [3.63, 3.8) is 0 Å². The minimum atomic E-state index is -4.38. The molecule has 1 aromatic rings. The van der Waals surface area contributed by atoms with E-state index in [0.717, 1.165) is 6.08 Å². The third-order valence-electron chi connectivity index (χ3n) is 3.37. The fraction of sp³-hybridized carbons (Fsp3) is 0.357. The number of nitrogen functional groups attached to an aromatic ring is 1. The summed E-state index contributed by atoms with van der Waals surface area (Å²) in [6, 6.07) is 2.59. The zero-order valence-electron chi connectivity index (χ0n) is 11.3. The van der Waals surface area contributed by atoms with Crippen molar-refractivity contribution in [1.82, 2.24) is 4.90 Å². The molecule has 3 nitrogen and oxygen atoms in total. The highest BCUT2D eigenvalue weighted by molar-refractivity contribution is 5.95. The Morgan fingerprint density at radius 2 is 2.00 bits per heavy atom. The first-order chi connectivity index (χ1) is 9.70. The van der Waals surface area contributed by atoms with E-state index in [1.54, 1.807) is 0 Å². The third kappa shape index (κ3) is 3.17. The van der Waals surface area contributed by atoms with Gasteiger partial charge >= 0.3 is 6.18 Å². The van der Waals surface area contributed by atoms with Crippen LogP contribution < -0.4 is 5.73 Å². The Morgan fingerprint density at radius 3 is 2.52 bits per heavy atom. The molecule has 114 valence electrons. The van der Waals surface area contributed by atoms with Gasteiger partial charge in [-0.3, -0.25) is 4.79 Å². The number of nitrogens with zero attached hydrogens (tertiary/aromatic N) is 1. The molecule has 0 aromatic heterocycles. The summed E-state index contributed by atoms with van der Waals surface area (Å²) < 4.78 is 51.5.